The number of amides is 1. The summed E-state index contributed by atoms with van der Waals surface area (Å²) in [6, 6.07) is 1.94. The molecule has 62 valence electrons. The number of nitrogens with one attached hydrogen (secondary N) is 1. The first-order valence-electron chi connectivity index (χ1n) is 3.39. The van der Waals surface area contributed by atoms with Crippen LogP contribution in [0.4, 0.5) is 5.69 Å². The Balaban J connectivity index is 2.65. The number of hydrogen-bond acceptors (Lipinski definition) is 3. The third kappa shape index (κ3) is 2.09. The molecule has 5 nitrogen and oxygen atoms in total. The largest absolute Gasteiger partial charge is 0.324 e. The summed E-state index contributed by atoms with van der Waals surface area (Å²) in [5.41, 5.74) is 0.609. The van der Waals surface area contributed by atoms with E-state index in [1.807, 2.05) is 6.07 Å². The van der Waals surface area contributed by atoms with Crippen LogP contribution in [0.1, 0.15) is 6.92 Å². The molecule has 0 aliphatic heterocycles. The number of nitrogens with zero attached hydrogens (tertiary/aromatic N) is 3. The van der Waals surface area contributed by atoms with Gasteiger partial charge in [0.2, 0.25) is 5.91 Å². The molecule has 0 bridgehead atoms. The number of carbonyl (C=O) groups is 1. The molecule has 1 amide bonds. The van der Waals surface area contributed by atoms with Crippen molar-refractivity contribution >= 4 is 11.6 Å². The summed E-state index contributed by atoms with van der Waals surface area (Å²) in [7, 11) is 0. The summed E-state index contributed by atoms with van der Waals surface area (Å²) in [5, 5.41) is 14.7. The van der Waals surface area contributed by atoms with E-state index >= 15 is 0 Å². The van der Waals surface area contributed by atoms with Gasteiger partial charge in [0.1, 0.15) is 6.54 Å². The zero-order valence-corrected chi connectivity index (χ0v) is 6.61. The number of hydrogen-bond donors (Lipinski definition) is 1. The highest BCUT2D eigenvalue weighted by atomic mass is 16.1. The van der Waals surface area contributed by atoms with Crippen LogP contribution in [0.3, 0.4) is 0 Å². The van der Waals surface area contributed by atoms with Crippen molar-refractivity contribution in [1.82, 2.24) is 9.78 Å². The molecule has 1 aromatic heterocycles. The molecule has 0 aliphatic rings. The summed E-state index contributed by atoms with van der Waals surface area (Å²) >= 11 is 0. The predicted octanol–water partition coefficient (Wildman–Crippen LogP) is 0.365. The Hall–Kier alpha value is -1.83. The second kappa shape index (κ2) is 3.53. The van der Waals surface area contributed by atoms with Crippen LogP contribution in [0.5, 0.6) is 0 Å². The van der Waals surface area contributed by atoms with Gasteiger partial charge in [0.15, 0.2) is 0 Å². The zero-order chi connectivity index (χ0) is 8.97. The average Bonchev–Trinajstić information content (AvgIpc) is 2.36. The third-order valence-corrected chi connectivity index (χ3v) is 1.19. The molecular formula is C7H8N4O. The minimum absolute atomic E-state index is 0.147. The Morgan fingerprint density at radius 3 is 3.25 bits per heavy atom. The average molecular weight is 164 g/mol. The topological polar surface area (TPSA) is 70.7 Å². The van der Waals surface area contributed by atoms with E-state index in [0.29, 0.717) is 5.69 Å². The molecule has 0 aromatic carbocycles. The van der Waals surface area contributed by atoms with Crippen molar-refractivity contribution in [3.05, 3.63) is 12.4 Å². The van der Waals surface area contributed by atoms with Gasteiger partial charge >= 0.3 is 0 Å². The van der Waals surface area contributed by atoms with Crippen molar-refractivity contribution in [3.8, 4) is 6.07 Å². The molecule has 1 N–H and O–H groups in total. The van der Waals surface area contributed by atoms with Crippen molar-refractivity contribution < 1.29 is 4.79 Å². The molecule has 0 fully saturated rings. The van der Waals surface area contributed by atoms with Crippen LogP contribution < -0.4 is 5.32 Å². The lowest BCUT2D eigenvalue weighted by atomic mass is 10.5. The van der Waals surface area contributed by atoms with Crippen molar-refractivity contribution in [2.75, 3.05) is 5.32 Å². The van der Waals surface area contributed by atoms with E-state index in [-0.39, 0.29) is 12.5 Å². The van der Waals surface area contributed by atoms with Crippen LogP contribution in [-0.2, 0) is 11.3 Å². The summed E-state index contributed by atoms with van der Waals surface area (Å²) in [6.07, 6.45) is 3.10. The Labute approximate surface area is 69.6 Å². The van der Waals surface area contributed by atoms with Crippen LogP contribution in [0.15, 0.2) is 12.4 Å². The third-order valence-electron chi connectivity index (χ3n) is 1.19. The van der Waals surface area contributed by atoms with Crippen molar-refractivity contribution in [3.63, 3.8) is 0 Å². The van der Waals surface area contributed by atoms with E-state index < -0.39 is 0 Å². The van der Waals surface area contributed by atoms with Gasteiger partial charge in [-0.15, -0.1) is 0 Å². The summed E-state index contributed by atoms with van der Waals surface area (Å²) in [6.45, 7) is 1.61. The van der Waals surface area contributed by atoms with Crippen LogP contribution in [-0.4, -0.2) is 15.7 Å². The van der Waals surface area contributed by atoms with E-state index in [1.54, 1.807) is 6.20 Å². The minimum Gasteiger partial charge on any atom is -0.324 e. The highest BCUT2D eigenvalue weighted by molar-refractivity contribution is 5.88. The fourth-order valence-corrected chi connectivity index (χ4v) is 0.790. The fraction of sp³-hybridized carbons (Fsp3) is 0.286. The van der Waals surface area contributed by atoms with Gasteiger partial charge in [-0.2, -0.15) is 10.4 Å². The monoisotopic (exact) mass is 164 g/mol. The van der Waals surface area contributed by atoms with E-state index in [2.05, 4.69) is 10.4 Å². The molecule has 5 heteroatoms. The number of rotatable bonds is 2. The van der Waals surface area contributed by atoms with Crippen molar-refractivity contribution in [2.24, 2.45) is 0 Å². The second-order valence-corrected chi connectivity index (χ2v) is 2.27. The zero-order valence-electron chi connectivity index (χ0n) is 6.61. The SMILES string of the molecule is CC(=O)Nc1cnn(CC#N)c1. The van der Waals surface area contributed by atoms with Crippen molar-refractivity contribution in [1.29, 1.82) is 5.26 Å². The van der Waals surface area contributed by atoms with Gasteiger partial charge in [-0.25, -0.2) is 0 Å². The molecule has 0 radical (unpaired) electrons. The molecule has 1 rings (SSSR count). The molecule has 0 aliphatic carbocycles. The fourth-order valence-electron chi connectivity index (χ4n) is 0.790. The van der Waals surface area contributed by atoms with E-state index in [4.69, 9.17) is 5.26 Å². The van der Waals surface area contributed by atoms with Crippen LogP contribution in [0.2, 0.25) is 0 Å². The lowest BCUT2D eigenvalue weighted by molar-refractivity contribution is -0.114. The normalized spacial score (nSPS) is 9.00. The van der Waals surface area contributed by atoms with Gasteiger partial charge in [0, 0.05) is 13.1 Å². The number of nitriles is 1. The second-order valence-electron chi connectivity index (χ2n) is 2.27. The Morgan fingerprint density at radius 2 is 2.67 bits per heavy atom. The summed E-state index contributed by atoms with van der Waals surface area (Å²) in [5.74, 6) is -0.147. The van der Waals surface area contributed by atoms with Crippen LogP contribution >= 0.6 is 0 Å². The lowest BCUT2D eigenvalue weighted by Crippen LogP contribution is -2.04. The molecule has 0 saturated carbocycles. The van der Waals surface area contributed by atoms with Crippen LogP contribution in [0, 0.1) is 11.3 Å². The van der Waals surface area contributed by atoms with Gasteiger partial charge in [-0.05, 0) is 0 Å². The number of aromatic nitrogens is 2. The molecule has 0 saturated heterocycles. The number of carbonyl (C=O) groups excluding carboxylic acids is 1. The molecule has 0 atom stereocenters. The van der Waals surface area contributed by atoms with E-state index in [1.165, 1.54) is 17.8 Å². The quantitative estimate of drug-likeness (QED) is 0.686. The maximum absolute atomic E-state index is 10.6. The first-order valence-corrected chi connectivity index (χ1v) is 3.39. The van der Waals surface area contributed by atoms with Gasteiger partial charge in [-0.1, -0.05) is 0 Å². The molecule has 1 aromatic rings. The molecular weight excluding hydrogens is 156 g/mol. The van der Waals surface area contributed by atoms with Gasteiger partial charge in [0.05, 0.1) is 18.0 Å². The molecule has 1 heterocycles. The maximum Gasteiger partial charge on any atom is 0.221 e. The van der Waals surface area contributed by atoms with E-state index in [9.17, 15) is 4.79 Å². The summed E-state index contributed by atoms with van der Waals surface area (Å²) in [4.78, 5) is 10.6. The smallest absolute Gasteiger partial charge is 0.221 e. The van der Waals surface area contributed by atoms with E-state index in [0.717, 1.165) is 0 Å². The summed E-state index contributed by atoms with van der Waals surface area (Å²) < 4.78 is 1.45. The van der Waals surface area contributed by atoms with Gasteiger partial charge in [0.25, 0.3) is 0 Å². The Morgan fingerprint density at radius 1 is 1.92 bits per heavy atom. The van der Waals surface area contributed by atoms with Crippen LogP contribution in [0.25, 0.3) is 0 Å². The Bertz CT molecular complexity index is 322. The molecule has 0 unspecified atom stereocenters. The van der Waals surface area contributed by atoms with Gasteiger partial charge < -0.3 is 5.32 Å². The highest BCUT2D eigenvalue weighted by Crippen LogP contribution is 2.03. The predicted molar refractivity (Wildman–Crippen MR) is 42.1 cm³/mol. The minimum atomic E-state index is -0.147. The Kier molecular flexibility index (Phi) is 2.43. The molecule has 0 spiro atoms. The number of anilines is 1. The molecule has 12 heavy (non-hydrogen) atoms. The standard InChI is InChI=1S/C7H8N4O/c1-6(12)10-7-4-9-11(5-7)3-2-8/h4-5H,3H2,1H3,(H,10,12). The van der Waals surface area contributed by atoms with Crippen molar-refractivity contribution in [2.45, 2.75) is 13.5 Å². The maximum atomic E-state index is 10.6. The first-order chi connectivity index (χ1) is 5.72. The highest BCUT2D eigenvalue weighted by Gasteiger charge is 1.98. The lowest BCUT2D eigenvalue weighted by Gasteiger charge is -1.93. The van der Waals surface area contributed by atoms with Gasteiger partial charge in [-0.3, -0.25) is 9.48 Å². The first kappa shape index (κ1) is 8.27.